The summed E-state index contributed by atoms with van der Waals surface area (Å²) in [6, 6.07) is -0.275. The molecule has 8 heteroatoms. The van der Waals surface area contributed by atoms with E-state index >= 15 is 0 Å². The predicted octanol–water partition coefficient (Wildman–Crippen LogP) is 2.29. The number of nitrogens with one attached hydrogen (secondary N) is 1. The summed E-state index contributed by atoms with van der Waals surface area (Å²) in [6.45, 7) is -0.660. The molecule has 160 valence electrons. The molecule has 1 aliphatic heterocycles. The van der Waals surface area contributed by atoms with Crippen molar-refractivity contribution in [2.75, 3.05) is 6.54 Å². The minimum Gasteiger partial charge on any atom is -0.511 e. The molecule has 3 rings (SSSR count). The fraction of sp³-hybridized carbons (Fsp3) is 0.714. The SMILES string of the molecule is O=C(O)CNC(=O)C1=C(O)C[C@@H](C2CCCCC2)C(=O)N(C2CCCCC2)C1=O. The molecule has 0 aromatic carbocycles. The van der Waals surface area contributed by atoms with Gasteiger partial charge in [-0.15, -0.1) is 0 Å². The van der Waals surface area contributed by atoms with Gasteiger partial charge in [-0.1, -0.05) is 38.5 Å². The average Bonchev–Trinajstić information content (AvgIpc) is 2.81. The number of aliphatic hydroxyl groups excluding tert-OH is 1. The number of aliphatic hydroxyl groups is 1. The van der Waals surface area contributed by atoms with Crippen LogP contribution in [0.3, 0.4) is 0 Å². The Bertz CT molecular complexity index is 704. The van der Waals surface area contributed by atoms with Gasteiger partial charge in [0.1, 0.15) is 17.9 Å². The van der Waals surface area contributed by atoms with E-state index in [9.17, 15) is 24.3 Å². The van der Waals surface area contributed by atoms with Crippen molar-refractivity contribution < 1.29 is 29.4 Å². The van der Waals surface area contributed by atoms with Crippen LogP contribution in [-0.4, -0.2) is 51.4 Å². The fourth-order valence-corrected chi connectivity index (χ4v) is 4.98. The lowest BCUT2D eigenvalue weighted by Crippen LogP contribution is -2.50. The van der Waals surface area contributed by atoms with Crippen molar-refractivity contribution >= 4 is 23.7 Å². The van der Waals surface area contributed by atoms with Crippen LogP contribution in [0.15, 0.2) is 11.3 Å². The van der Waals surface area contributed by atoms with Crippen molar-refractivity contribution in [1.29, 1.82) is 0 Å². The van der Waals surface area contributed by atoms with Gasteiger partial charge in [-0.2, -0.15) is 0 Å². The van der Waals surface area contributed by atoms with Gasteiger partial charge in [-0.05, 0) is 31.6 Å². The molecule has 8 nitrogen and oxygen atoms in total. The van der Waals surface area contributed by atoms with Crippen LogP contribution in [0.4, 0.5) is 0 Å². The highest BCUT2D eigenvalue weighted by Gasteiger charge is 2.45. The summed E-state index contributed by atoms with van der Waals surface area (Å²) in [6.07, 6.45) is 9.10. The van der Waals surface area contributed by atoms with Crippen LogP contribution < -0.4 is 5.32 Å². The molecule has 3 amide bonds. The second-order valence-electron chi connectivity index (χ2n) is 8.41. The minimum atomic E-state index is -1.25. The smallest absolute Gasteiger partial charge is 0.322 e. The number of amides is 3. The Labute approximate surface area is 170 Å². The van der Waals surface area contributed by atoms with Crippen molar-refractivity contribution in [3.05, 3.63) is 11.3 Å². The topological polar surface area (TPSA) is 124 Å². The maximum absolute atomic E-state index is 13.5. The fourth-order valence-electron chi connectivity index (χ4n) is 4.98. The largest absolute Gasteiger partial charge is 0.511 e. The summed E-state index contributed by atoms with van der Waals surface area (Å²) in [4.78, 5) is 51.3. The minimum absolute atomic E-state index is 0.0473. The number of imide groups is 1. The first-order valence-electron chi connectivity index (χ1n) is 10.7. The molecule has 0 radical (unpaired) electrons. The van der Waals surface area contributed by atoms with Crippen molar-refractivity contribution in [1.82, 2.24) is 10.2 Å². The molecule has 0 spiro atoms. The number of carboxylic acids is 1. The third-order valence-electron chi connectivity index (χ3n) is 6.48. The third-order valence-corrected chi connectivity index (χ3v) is 6.48. The van der Waals surface area contributed by atoms with Gasteiger partial charge in [0.25, 0.3) is 11.8 Å². The number of allylic oxidation sites excluding steroid dienone is 1. The van der Waals surface area contributed by atoms with Crippen LogP contribution in [0.1, 0.15) is 70.6 Å². The van der Waals surface area contributed by atoms with E-state index in [1.54, 1.807) is 0 Å². The Hall–Kier alpha value is -2.38. The lowest BCUT2D eigenvalue weighted by molar-refractivity contribution is -0.150. The Morgan fingerprint density at radius 3 is 2.14 bits per heavy atom. The molecule has 2 aliphatic carbocycles. The Morgan fingerprint density at radius 2 is 1.55 bits per heavy atom. The Kier molecular flexibility index (Phi) is 6.92. The summed E-state index contributed by atoms with van der Waals surface area (Å²) < 4.78 is 0. The summed E-state index contributed by atoms with van der Waals surface area (Å²) >= 11 is 0. The number of rotatable bonds is 5. The first-order chi connectivity index (χ1) is 13.9. The van der Waals surface area contributed by atoms with E-state index in [1.165, 1.54) is 4.90 Å². The van der Waals surface area contributed by atoms with Gasteiger partial charge < -0.3 is 15.5 Å². The molecule has 3 N–H and O–H groups in total. The van der Waals surface area contributed by atoms with E-state index in [1.807, 2.05) is 0 Å². The summed E-state index contributed by atoms with van der Waals surface area (Å²) in [7, 11) is 0. The van der Waals surface area contributed by atoms with Crippen molar-refractivity contribution in [2.45, 2.75) is 76.7 Å². The quantitative estimate of drug-likeness (QED) is 0.475. The number of carbonyl (C=O) groups is 4. The summed E-state index contributed by atoms with van der Waals surface area (Å²) in [5, 5.41) is 21.6. The molecule has 3 aliphatic rings. The molecule has 0 aromatic heterocycles. The van der Waals surface area contributed by atoms with Crippen molar-refractivity contribution in [3.63, 3.8) is 0 Å². The molecule has 0 unspecified atom stereocenters. The van der Waals surface area contributed by atoms with E-state index in [0.29, 0.717) is 12.8 Å². The van der Waals surface area contributed by atoms with Gasteiger partial charge in [0.2, 0.25) is 5.91 Å². The maximum atomic E-state index is 13.5. The Morgan fingerprint density at radius 1 is 0.966 bits per heavy atom. The van der Waals surface area contributed by atoms with E-state index < -0.39 is 41.6 Å². The van der Waals surface area contributed by atoms with E-state index in [4.69, 9.17) is 5.11 Å². The Balaban J connectivity index is 1.94. The van der Waals surface area contributed by atoms with Crippen LogP contribution in [0.25, 0.3) is 0 Å². The molecule has 29 heavy (non-hydrogen) atoms. The zero-order valence-corrected chi connectivity index (χ0v) is 16.7. The van der Waals surface area contributed by atoms with Crippen molar-refractivity contribution in [2.24, 2.45) is 11.8 Å². The van der Waals surface area contributed by atoms with Crippen molar-refractivity contribution in [3.8, 4) is 0 Å². The third kappa shape index (κ3) is 4.79. The number of nitrogens with zero attached hydrogens (tertiary/aromatic N) is 1. The zero-order valence-electron chi connectivity index (χ0n) is 16.7. The second-order valence-corrected chi connectivity index (χ2v) is 8.41. The maximum Gasteiger partial charge on any atom is 0.322 e. The molecule has 2 fully saturated rings. The summed E-state index contributed by atoms with van der Waals surface area (Å²) in [5.41, 5.74) is -0.483. The predicted molar refractivity (Wildman–Crippen MR) is 104 cm³/mol. The highest BCUT2D eigenvalue weighted by Crippen LogP contribution is 2.38. The monoisotopic (exact) mass is 406 g/mol. The number of carbonyl (C=O) groups excluding carboxylic acids is 3. The van der Waals surface area contributed by atoms with Crippen LogP contribution >= 0.6 is 0 Å². The standard InChI is InChI=1S/C21H30N2O6/c24-16-11-15(13-7-3-1-4-8-13)20(28)23(14-9-5-2-6-10-14)21(29)18(16)19(27)22-12-17(25)26/h13-15,24H,1-12H2,(H,22,27)(H,25,26)/t15-/m0/s1. The molecule has 2 saturated carbocycles. The van der Waals surface area contributed by atoms with Gasteiger partial charge >= 0.3 is 5.97 Å². The molecular formula is C21H30N2O6. The highest BCUT2D eigenvalue weighted by molar-refractivity contribution is 6.23. The van der Waals surface area contributed by atoms with E-state index in [0.717, 1.165) is 51.4 Å². The lowest BCUT2D eigenvalue weighted by atomic mass is 9.77. The number of hydrogen-bond acceptors (Lipinski definition) is 5. The molecule has 1 heterocycles. The van der Waals surface area contributed by atoms with Gasteiger partial charge in [-0.3, -0.25) is 24.1 Å². The van der Waals surface area contributed by atoms with Gasteiger partial charge in [0.15, 0.2) is 0 Å². The van der Waals surface area contributed by atoms with Gasteiger partial charge in [0.05, 0.1) is 0 Å². The van der Waals surface area contributed by atoms with E-state index in [2.05, 4.69) is 5.32 Å². The number of aliphatic carboxylic acids is 1. The highest BCUT2D eigenvalue weighted by atomic mass is 16.4. The molecule has 1 atom stereocenters. The van der Waals surface area contributed by atoms with Crippen LogP contribution in [-0.2, 0) is 19.2 Å². The zero-order chi connectivity index (χ0) is 21.0. The lowest BCUT2D eigenvalue weighted by Gasteiger charge is -2.36. The first kappa shape index (κ1) is 21.3. The molecule has 0 aromatic rings. The van der Waals surface area contributed by atoms with Crippen LogP contribution in [0.2, 0.25) is 0 Å². The molecule has 0 saturated heterocycles. The number of carboxylic acid groups (broad SMARTS) is 1. The normalized spacial score (nSPS) is 25.1. The number of hydrogen-bond donors (Lipinski definition) is 3. The average molecular weight is 406 g/mol. The first-order valence-corrected chi connectivity index (χ1v) is 10.7. The molecular weight excluding hydrogens is 376 g/mol. The summed E-state index contributed by atoms with van der Waals surface area (Å²) in [5.74, 6) is -4.11. The van der Waals surface area contributed by atoms with Gasteiger partial charge in [-0.25, -0.2) is 0 Å². The molecule has 0 bridgehead atoms. The van der Waals surface area contributed by atoms with Crippen LogP contribution in [0, 0.1) is 11.8 Å². The van der Waals surface area contributed by atoms with E-state index in [-0.39, 0.29) is 24.3 Å². The van der Waals surface area contributed by atoms with Gasteiger partial charge in [0, 0.05) is 18.4 Å². The second kappa shape index (κ2) is 9.41. The van der Waals surface area contributed by atoms with Crippen LogP contribution in [0.5, 0.6) is 0 Å².